The van der Waals surface area contributed by atoms with Gasteiger partial charge in [-0.15, -0.1) is 0 Å². The Morgan fingerprint density at radius 3 is 3.07 bits per heavy atom. The summed E-state index contributed by atoms with van der Waals surface area (Å²) in [6, 6.07) is 0. The Balaban J connectivity index is 1.68. The molecule has 1 amide bonds. The molecule has 0 saturated carbocycles. The van der Waals surface area contributed by atoms with Gasteiger partial charge in [0.05, 0.1) is 5.92 Å². The van der Waals surface area contributed by atoms with Gasteiger partial charge in [-0.3, -0.25) is 9.48 Å². The summed E-state index contributed by atoms with van der Waals surface area (Å²) in [7, 11) is 1.83. The summed E-state index contributed by atoms with van der Waals surface area (Å²) in [5, 5.41) is 10.1. The highest BCUT2D eigenvalue weighted by molar-refractivity contribution is 5.79. The summed E-state index contributed by atoms with van der Waals surface area (Å²) in [4.78, 5) is 15.5. The van der Waals surface area contributed by atoms with Crippen molar-refractivity contribution in [3.05, 3.63) is 12.2 Å². The van der Waals surface area contributed by atoms with Crippen LogP contribution in [0.2, 0.25) is 0 Å². The van der Waals surface area contributed by atoms with Crippen molar-refractivity contribution in [3.63, 3.8) is 0 Å². The highest BCUT2D eigenvalue weighted by atomic mass is 16.2. The number of hydrogen-bond acceptors (Lipinski definition) is 4. The van der Waals surface area contributed by atoms with Crippen LogP contribution in [0, 0.1) is 5.92 Å². The van der Waals surface area contributed by atoms with Gasteiger partial charge in [0.1, 0.15) is 6.33 Å². The predicted molar refractivity (Wildman–Crippen MR) is 54.1 cm³/mol. The fraction of sp³-hybridized carbons (Fsp3) is 0.667. The zero-order chi connectivity index (χ0) is 10.7. The lowest BCUT2D eigenvalue weighted by Gasteiger charge is -2.25. The van der Waals surface area contributed by atoms with E-state index in [-0.39, 0.29) is 11.8 Å². The van der Waals surface area contributed by atoms with Gasteiger partial charge in [-0.1, -0.05) is 0 Å². The Morgan fingerprint density at radius 2 is 2.53 bits per heavy atom. The molecule has 0 unspecified atom stereocenters. The normalized spacial score (nSPS) is 16.1. The second-order valence-corrected chi connectivity index (χ2v) is 3.73. The van der Waals surface area contributed by atoms with Crippen molar-refractivity contribution in [1.29, 1.82) is 0 Å². The molecule has 15 heavy (non-hydrogen) atoms. The standard InChI is InChI=1S/C9H15N5O/c1-14-6-12-8(13-14)2-3-11-9(15)7-4-10-5-7/h6-7,10H,2-5H2,1H3,(H,11,15). The molecule has 1 aliphatic rings. The lowest BCUT2D eigenvalue weighted by Crippen LogP contribution is -2.51. The van der Waals surface area contributed by atoms with Gasteiger partial charge < -0.3 is 10.6 Å². The molecule has 2 heterocycles. The molecule has 2 rings (SSSR count). The summed E-state index contributed by atoms with van der Waals surface area (Å²) < 4.78 is 1.66. The number of amides is 1. The van der Waals surface area contributed by atoms with Crippen LogP contribution in [0.5, 0.6) is 0 Å². The summed E-state index contributed by atoms with van der Waals surface area (Å²) in [5.74, 6) is 1.05. The van der Waals surface area contributed by atoms with Gasteiger partial charge in [0.25, 0.3) is 0 Å². The predicted octanol–water partition coefficient (Wildman–Crippen LogP) is -1.31. The molecule has 6 nitrogen and oxygen atoms in total. The number of nitrogens with zero attached hydrogens (tertiary/aromatic N) is 3. The van der Waals surface area contributed by atoms with E-state index in [1.807, 2.05) is 7.05 Å². The summed E-state index contributed by atoms with van der Waals surface area (Å²) in [6.45, 7) is 2.21. The fourth-order valence-electron chi connectivity index (χ4n) is 1.41. The molecule has 0 atom stereocenters. The third-order valence-corrected chi connectivity index (χ3v) is 2.45. The monoisotopic (exact) mass is 209 g/mol. The van der Waals surface area contributed by atoms with E-state index < -0.39 is 0 Å². The number of carbonyl (C=O) groups excluding carboxylic acids is 1. The molecular formula is C9H15N5O. The zero-order valence-corrected chi connectivity index (χ0v) is 8.73. The van der Waals surface area contributed by atoms with Gasteiger partial charge >= 0.3 is 0 Å². The van der Waals surface area contributed by atoms with Gasteiger partial charge in [0.2, 0.25) is 5.91 Å². The third-order valence-electron chi connectivity index (χ3n) is 2.45. The Kier molecular flexibility index (Phi) is 2.96. The average molecular weight is 209 g/mol. The van der Waals surface area contributed by atoms with E-state index in [9.17, 15) is 4.79 Å². The molecule has 0 radical (unpaired) electrons. The van der Waals surface area contributed by atoms with Crippen LogP contribution in [0.25, 0.3) is 0 Å². The van der Waals surface area contributed by atoms with E-state index in [0.29, 0.717) is 13.0 Å². The van der Waals surface area contributed by atoms with Crippen LogP contribution in [-0.2, 0) is 18.3 Å². The SMILES string of the molecule is Cn1cnc(CCNC(=O)C2CNC2)n1. The van der Waals surface area contributed by atoms with Crippen LogP contribution in [0.1, 0.15) is 5.82 Å². The highest BCUT2D eigenvalue weighted by Gasteiger charge is 2.24. The maximum Gasteiger partial charge on any atom is 0.225 e. The maximum absolute atomic E-state index is 11.4. The van der Waals surface area contributed by atoms with Crippen molar-refractivity contribution in [2.24, 2.45) is 13.0 Å². The molecule has 6 heteroatoms. The number of hydrogen-bond donors (Lipinski definition) is 2. The molecule has 0 bridgehead atoms. The van der Waals surface area contributed by atoms with E-state index in [1.54, 1.807) is 11.0 Å². The largest absolute Gasteiger partial charge is 0.355 e. The minimum atomic E-state index is 0.129. The van der Waals surface area contributed by atoms with Gasteiger partial charge in [-0.2, -0.15) is 5.10 Å². The van der Waals surface area contributed by atoms with Crippen molar-refractivity contribution in [2.45, 2.75) is 6.42 Å². The van der Waals surface area contributed by atoms with Crippen molar-refractivity contribution in [3.8, 4) is 0 Å². The second-order valence-electron chi connectivity index (χ2n) is 3.73. The lowest BCUT2D eigenvalue weighted by molar-refractivity contribution is -0.126. The number of rotatable bonds is 4. The first kappa shape index (κ1) is 10.1. The number of aromatic nitrogens is 3. The molecule has 1 fully saturated rings. The Hall–Kier alpha value is -1.43. The molecule has 0 aromatic carbocycles. The minimum absolute atomic E-state index is 0.129. The maximum atomic E-state index is 11.4. The third kappa shape index (κ3) is 2.53. The van der Waals surface area contributed by atoms with Gasteiger partial charge in [0, 0.05) is 33.1 Å². The molecule has 1 aromatic heterocycles. The van der Waals surface area contributed by atoms with Gasteiger partial charge in [-0.05, 0) is 0 Å². The van der Waals surface area contributed by atoms with Crippen molar-refractivity contribution in [1.82, 2.24) is 25.4 Å². The molecule has 2 N–H and O–H groups in total. The van der Waals surface area contributed by atoms with Crippen molar-refractivity contribution >= 4 is 5.91 Å². The lowest BCUT2D eigenvalue weighted by atomic mass is 10.0. The number of aryl methyl sites for hydroxylation is 1. The molecule has 1 aromatic rings. The molecule has 0 spiro atoms. The minimum Gasteiger partial charge on any atom is -0.355 e. The van der Waals surface area contributed by atoms with Crippen molar-refractivity contribution < 1.29 is 4.79 Å². The first-order valence-electron chi connectivity index (χ1n) is 5.08. The van der Waals surface area contributed by atoms with Crippen molar-refractivity contribution in [2.75, 3.05) is 19.6 Å². The van der Waals surface area contributed by atoms with Crippen LogP contribution in [0.15, 0.2) is 6.33 Å². The van der Waals surface area contributed by atoms with Gasteiger partial charge in [0.15, 0.2) is 5.82 Å². The zero-order valence-electron chi connectivity index (χ0n) is 8.73. The molecule has 1 aliphatic heterocycles. The first-order valence-corrected chi connectivity index (χ1v) is 5.08. The topological polar surface area (TPSA) is 71.8 Å². The van der Waals surface area contributed by atoms with E-state index in [4.69, 9.17) is 0 Å². The molecule has 1 saturated heterocycles. The van der Waals surface area contributed by atoms with E-state index >= 15 is 0 Å². The first-order chi connectivity index (χ1) is 7.25. The van der Waals surface area contributed by atoms with Crippen LogP contribution in [0.3, 0.4) is 0 Å². The van der Waals surface area contributed by atoms with Crippen LogP contribution in [-0.4, -0.2) is 40.3 Å². The Morgan fingerprint density at radius 1 is 1.73 bits per heavy atom. The second kappa shape index (κ2) is 4.39. The van der Waals surface area contributed by atoms with Crippen LogP contribution in [0.4, 0.5) is 0 Å². The van der Waals surface area contributed by atoms with Crippen LogP contribution < -0.4 is 10.6 Å². The smallest absolute Gasteiger partial charge is 0.225 e. The molecule has 82 valence electrons. The van der Waals surface area contributed by atoms with E-state index in [0.717, 1.165) is 18.9 Å². The van der Waals surface area contributed by atoms with E-state index in [1.165, 1.54) is 0 Å². The van der Waals surface area contributed by atoms with E-state index in [2.05, 4.69) is 20.7 Å². The number of carbonyl (C=O) groups is 1. The highest BCUT2D eigenvalue weighted by Crippen LogP contribution is 2.01. The fourth-order valence-corrected chi connectivity index (χ4v) is 1.41. The quantitative estimate of drug-likeness (QED) is 0.646. The van der Waals surface area contributed by atoms with Gasteiger partial charge in [-0.25, -0.2) is 4.98 Å². The summed E-state index contributed by atoms with van der Waals surface area (Å²) in [6.07, 6.45) is 2.35. The summed E-state index contributed by atoms with van der Waals surface area (Å²) in [5.41, 5.74) is 0. The average Bonchev–Trinajstić information content (AvgIpc) is 2.48. The van der Waals surface area contributed by atoms with Crippen LogP contribution >= 0.6 is 0 Å². The Labute approximate surface area is 88.1 Å². The Bertz CT molecular complexity index is 344. The molecular weight excluding hydrogens is 194 g/mol. The number of nitrogens with one attached hydrogen (secondary N) is 2. The summed E-state index contributed by atoms with van der Waals surface area (Å²) >= 11 is 0. The molecule has 0 aliphatic carbocycles.